The first-order valence-corrected chi connectivity index (χ1v) is 8.09. The summed E-state index contributed by atoms with van der Waals surface area (Å²) in [6, 6.07) is 0. The van der Waals surface area contributed by atoms with Crippen LogP contribution in [0, 0.1) is 0 Å². The predicted octanol–water partition coefficient (Wildman–Crippen LogP) is 3.20. The topological polar surface area (TPSA) is 50.3 Å². The Balaban J connectivity index is 2.27. The minimum atomic E-state index is 0.491. The highest BCUT2D eigenvalue weighted by Crippen LogP contribution is 2.28. The van der Waals surface area contributed by atoms with Crippen LogP contribution in [-0.4, -0.2) is 36.7 Å². The van der Waals surface area contributed by atoms with Gasteiger partial charge in [0.1, 0.15) is 5.82 Å². The summed E-state index contributed by atoms with van der Waals surface area (Å²) in [7, 11) is 1.69. The number of aromatic nitrogens is 2. The van der Waals surface area contributed by atoms with E-state index in [0.717, 1.165) is 48.0 Å². The van der Waals surface area contributed by atoms with E-state index in [0.29, 0.717) is 6.61 Å². The molecule has 2 heterocycles. The summed E-state index contributed by atoms with van der Waals surface area (Å²) in [4.78, 5) is 11.6. The second kappa shape index (κ2) is 7.78. The average Bonchev–Trinajstić information content (AvgIpc) is 2.49. The summed E-state index contributed by atoms with van der Waals surface area (Å²) in [5.41, 5.74) is 0.904. The SMILES string of the molecule is CCCNc1nc(N2CCCCC2)nc(COC)c1Br. The van der Waals surface area contributed by atoms with E-state index in [1.807, 2.05) is 0 Å². The first kappa shape index (κ1) is 15.5. The van der Waals surface area contributed by atoms with Gasteiger partial charge in [0.2, 0.25) is 5.95 Å². The van der Waals surface area contributed by atoms with E-state index in [9.17, 15) is 0 Å². The molecule has 20 heavy (non-hydrogen) atoms. The van der Waals surface area contributed by atoms with E-state index < -0.39 is 0 Å². The van der Waals surface area contributed by atoms with Crippen molar-refractivity contribution in [1.29, 1.82) is 0 Å². The van der Waals surface area contributed by atoms with Crippen LogP contribution >= 0.6 is 15.9 Å². The molecule has 0 saturated carbocycles. The maximum Gasteiger partial charge on any atom is 0.227 e. The number of anilines is 2. The highest BCUT2D eigenvalue weighted by Gasteiger charge is 2.18. The van der Waals surface area contributed by atoms with Gasteiger partial charge < -0.3 is 15.0 Å². The summed E-state index contributed by atoms with van der Waals surface area (Å²) >= 11 is 3.58. The Morgan fingerprint density at radius 2 is 2.00 bits per heavy atom. The number of piperidine rings is 1. The monoisotopic (exact) mass is 342 g/mol. The predicted molar refractivity (Wildman–Crippen MR) is 85.3 cm³/mol. The van der Waals surface area contributed by atoms with Gasteiger partial charge in [-0.15, -0.1) is 0 Å². The molecule has 112 valence electrons. The molecule has 6 heteroatoms. The van der Waals surface area contributed by atoms with E-state index in [4.69, 9.17) is 4.74 Å². The third-order valence-corrected chi connectivity index (χ3v) is 4.20. The molecule has 0 amide bonds. The van der Waals surface area contributed by atoms with Crippen LogP contribution in [0.3, 0.4) is 0 Å². The minimum Gasteiger partial charge on any atom is -0.378 e. The number of nitrogens with zero attached hydrogens (tertiary/aromatic N) is 3. The van der Waals surface area contributed by atoms with Gasteiger partial charge in [-0.3, -0.25) is 0 Å². The first-order valence-electron chi connectivity index (χ1n) is 7.30. The van der Waals surface area contributed by atoms with Gasteiger partial charge >= 0.3 is 0 Å². The van der Waals surface area contributed by atoms with Gasteiger partial charge in [-0.1, -0.05) is 6.92 Å². The average molecular weight is 343 g/mol. The summed E-state index contributed by atoms with van der Waals surface area (Å²) in [6.07, 6.45) is 4.81. The van der Waals surface area contributed by atoms with Crippen molar-refractivity contribution in [3.05, 3.63) is 10.2 Å². The Hall–Kier alpha value is -0.880. The Kier molecular flexibility index (Phi) is 6.04. The van der Waals surface area contributed by atoms with Crippen molar-refractivity contribution in [2.45, 2.75) is 39.2 Å². The second-order valence-electron chi connectivity index (χ2n) is 5.04. The lowest BCUT2D eigenvalue weighted by atomic mass is 10.1. The molecule has 1 aliphatic rings. The molecule has 5 nitrogen and oxygen atoms in total. The van der Waals surface area contributed by atoms with Gasteiger partial charge in [0, 0.05) is 26.7 Å². The molecule has 0 aliphatic carbocycles. The zero-order chi connectivity index (χ0) is 14.4. The van der Waals surface area contributed by atoms with Crippen LogP contribution in [-0.2, 0) is 11.3 Å². The lowest BCUT2D eigenvalue weighted by Gasteiger charge is -2.27. The maximum atomic E-state index is 5.24. The quantitative estimate of drug-likeness (QED) is 0.860. The highest BCUT2D eigenvalue weighted by atomic mass is 79.9. The number of halogens is 1. The molecule has 0 atom stereocenters. The number of hydrogen-bond donors (Lipinski definition) is 1. The van der Waals surface area contributed by atoms with Crippen LogP contribution in [0.2, 0.25) is 0 Å². The Morgan fingerprint density at radius 3 is 2.65 bits per heavy atom. The fraction of sp³-hybridized carbons (Fsp3) is 0.714. The molecule has 0 bridgehead atoms. The molecule has 1 saturated heterocycles. The van der Waals surface area contributed by atoms with Crippen molar-refractivity contribution in [3.8, 4) is 0 Å². The van der Waals surface area contributed by atoms with E-state index in [2.05, 4.69) is 43.0 Å². The van der Waals surface area contributed by atoms with Crippen molar-refractivity contribution in [2.24, 2.45) is 0 Å². The molecule has 0 radical (unpaired) electrons. The number of hydrogen-bond acceptors (Lipinski definition) is 5. The highest BCUT2D eigenvalue weighted by molar-refractivity contribution is 9.10. The normalized spacial score (nSPS) is 15.4. The summed E-state index contributed by atoms with van der Waals surface area (Å²) < 4.78 is 6.15. The Bertz CT molecular complexity index is 435. The van der Waals surface area contributed by atoms with E-state index in [-0.39, 0.29) is 0 Å². The van der Waals surface area contributed by atoms with Gasteiger partial charge in [0.05, 0.1) is 16.8 Å². The van der Waals surface area contributed by atoms with Crippen molar-refractivity contribution in [2.75, 3.05) is 37.0 Å². The second-order valence-corrected chi connectivity index (χ2v) is 5.83. The molecular formula is C14H23BrN4O. The molecule has 0 aromatic carbocycles. The standard InChI is InChI=1S/C14H23BrN4O/c1-3-7-16-13-12(15)11(10-20-2)17-14(18-13)19-8-5-4-6-9-19/h3-10H2,1-2H3,(H,16,17,18). The number of nitrogens with one attached hydrogen (secondary N) is 1. The van der Waals surface area contributed by atoms with Crippen LogP contribution in [0.1, 0.15) is 38.3 Å². The van der Waals surface area contributed by atoms with Crippen LogP contribution in [0.25, 0.3) is 0 Å². The van der Waals surface area contributed by atoms with Crippen molar-refractivity contribution in [1.82, 2.24) is 9.97 Å². The van der Waals surface area contributed by atoms with Crippen LogP contribution in [0.5, 0.6) is 0 Å². The van der Waals surface area contributed by atoms with E-state index in [1.54, 1.807) is 7.11 Å². The molecule has 1 fully saturated rings. The fourth-order valence-electron chi connectivity index (χ4n) is 2.31. The summed E-state index contributed by atoms with van der Waals surface area (Å²) in [5.74, 6) is 1.69. The molecule has 2 rings (SSSR count). The molecule has 1 aromatic rings. The fourth-order valence-corrected chi connectivity index (χ4v) is 2.74. The van der Waals surface area contributed by atoms with Crippen molar-refractivity contribution >= 4 is 27.7 Å². The molecule has 1 aliphatic heterocycles. The molecule has 0 spiro atoms. The van der Waals surface area contributed by atoms with Gasteiger partial charge in [-0.05, 0) is 41.6 Å². The lowest BCUT2D eigenvalue weighted by molar-refractivity contribution is 0.181. The molecule has 1 aromatic heterocycles. The molecule has 0 unspecified atom stereocenters. The number of methoxy groups -OCH3 is 1. The third kappa shape index (κ3) is 3.82. The van der Waals surface area contributed by atoms with E-state index >= 15 is 0 Å². The van der Waals surface area contributed by atoms with Crippen LogP contribution in [0.15, 0.2) is 4.47 Å². The summed E-state index contributed by atoms with van der Waals surface area (Å²) in [5, 5.41) is 3.36. The van der Waals surface area contributed by atoms with Gasteiger partial charge in [0.25, 0.3) is 0 Å². The maximum absolute atomic E-state index is 5.24. The van der Waals surface area contributed by atoms with Gasteiger partial charge in [0.15, 0.2) is 0 Å². The van der Waals surface area contributed by atoms with Crippen LogP contribution < -0.4 is 10.2 Å². The molecule has 1 N–H and O–H groups in total. The smallest absolute Gasteiger partial charge is 0.227 e. The number of rotatable bonds is 6. The minimum absolute atomic E-state index is 0.491. The van der Waals surface area contributed by atoms with Gasteiger partial charge in [-0.25, -0.2) is 4.98 Å². The molecular weight excluding hydrogens is 320 g/mol. The Morgan fingerprint density at radius 1 is 1.25 bits per heavy atom. The van der Waals surface area contributed by atoms with E-state index in [1.165, 1.54) is 19.3 Å². The Labute approximate surface area is 129 Å². The lowest BCUT2D eigenvalue weighted by Crippen LogP contribution is -2.31. The largest absolute Gasteiger partial charge is 0.378 e. The van der Waals surface area contributed by atoms with Crippen molar-refractivity contribution < 1.29 is 4.74 Å². The van der Waals surface area contributed by atoms with Gasteiger partial charge in [-0.2, -0.15) is 4.98 Å². The third-order valence-electron chi connectivity index (χ3n) is 3.37. The van der Waals surface area contributed by atoms with Crippen molar-refractivity contribution in [3.63, 3.8) is 0 Å². The summed E-state index contributed by atoms with van der Waals surface area (Å²) in [6.45, 7) is 5.62. The van der Waals surface area contributed by atoms with Crippen LogP contribution in [0.4, 0.5) is 11.8 Å². The zero-order valence-corrected chi connectivity index (χ0v) is 13.9. The zero-order valence-electron chi connectivity index (χ0n) is 12.3. The number of ether oxygens (including phenoxy) is 1. The first-order chi connectivity index (χ1) is 9.76.